The SMILES string of the molecule is NC1C=CC=C(Cl)C1(N)Cl. The normalized spacial score (nSPS) is 39.6. The summed E-state index contributed by atoms with van der Waals surface area (Å²) < 4.78 is 0. The van der Waals surface area contributed by atoms with Crippen molar-refractivity contribution in [2.24, 2.45) is 11.5 Å². The van der Waals surface area contributed by atoms with Gasteiger partial charge in [0.25, 0.3) is 0 Å². The van der Waals surface area contributed by atoms with Gasteiger partial charge in [-0.3, -0.25) is 0 Å². The van der Waals surface area contributed by atoms with Gasteiger partial charge in [0.15, 0.2) is 0 Å². The minimum absolute atomic E-state index is 0.379. The third-order valence-electron chi connectivity index (χ3n) is 1.41. The average Bonchev–Trinajstić information content (AvgIpc) is 1.84. The molecule has 0 spiro atoms. The van der Waals surface area contributed by atoms with Crippen molar-refractivity contribution < 1.29 is 0 Å². The Labute approximate surface area is 69.5 Å². The predicted octanol–water partition coefficient (Wildman–Crippen LogP) is 0.900. The minimum atomic E-state index is -1.11. The van der Waals surface area contributed by atoms with E-state index in [9.17, 15) is 0 Å². The fraction of sp³-hybridized carbons (Fsp3) is 0.333. The molecule has 4 N–H and O–H groups in total. The van der Waals surface area contributed by atoms with Crippen LogP contribution in [-0.4, -0.2) is 11.0 Å². The van der Waals surface area contributed by atoms with Crippen LogP contribution in [0.4, 0.5) is 0 Å². The predicted molar refractivity (Wildman–Crippen MR) is 43.8 cm³/mol. The molecule has 0 aromatic heterocycles. The Morgan fingerprint density at radius 3 is 2.60 bits per heavy atom. The second kappa shape index (κ2) is 2.55. The van der Waals surface area contributed by atoms with Gasteiger partial charge in [-0.15, -0.1) is 0 Å². The summed E-state index contributed by atoms with van der Waals surface area (Å²) >= 11 is 11.5. The first kappa shape index (κ1) is 8.08. The highest BCUT2D eigenvalue weighted by atomic mass is 35.5. The second-order valence-corrected chi connectivity index (χ2v) is 3.23. The molecular formula is C6H8Cl2N2. The molecule has 10 heavy (non-hydrogen) atoms. The van der Waals surface area contributed by atoms with E-state index in [4.69, 9.17) is 34.7 Å². The largest absolute Gasteiger partial charge is 0.322 e. The Hall–Kier alpha value is -0.0200. The van der Waals surface area contributed by atoms with Crippen molar-refractivity contribution in [3.05, 3.63) is 23.3 Å². The van der Waals surface area contributed by atoms with Crippen LogP contribution in [0.15, 0.2) is 23.3 Å². The molecule has 0 heterocycles. The van der Waals surface area contributed by atoms with Crippen molar-refractivity contribution in [2.45, 2.75) is 11.0 Å². The van der Waals surface area contributed by atoms with Crippen LogP contribution in [0.2, 0.25) is 0 Å². The molecule has 0 aliphatic heterocycles. The van der Waals surface area contributed by atoms with Crippen molar-refractivity contribution in [1.29, 1.82) is 0 Å². The van der Waals surface area contributed by atoms with Crippen LogP contribution >= 0.6 is 23.2 Å². The Morgan fingerprint density at radius 2 is 2.20 bits per heavy atom. The first-order valence-electron chi connectivity index (χ1n) is 2.83. The molecule has 2 nitrogen and oxygen atoms in total. The van der Waals surface area contributed by atoms with Crippen molar-refractivity contribution in [3.8, 4) is 0 Å². The topological polar surface area (TPSA) is 52.0 Å². The van der Waals surface area contributed by atoms with Gasteiger partial charge < -0.3 is 11.5 Å². The maximum absolute atomic E-state index is 5.77. The van der Waals surface area contributed by atoms with Gasteiger partial charge in [-0.25, -0.2) is 0 Å². The zero-order chi connectivity index (χ0) is 7.78. The van der Waals surface area contributed by atoms with Crippen molar-refractivity contribution in [1.82, 2.24) is 0 Å². The Bertz CT molecular complexity index is 196. The lowest BCUT2D eigenvalue weighted by Gasteiger charge is -2.28. The first-order valence-corrected chi connectivity index (χ1v) is 3.58. The molecule has 56 valence electrons. The summed E-state index contributed by atoms with van der Waals surface area (Å²) in [7, 11) is 0. The molecule has 0 aromatic carbocycles. The van der Waals surface area contributed by atoms with Crippen LogP contribution in [0.1, 0.15) is 0 Å². The summed E-state index contributed by atoms with van der Waals surface area (Å²) in [5.74, 6) is 0. The van der Waals surface area contributed by atoms with Gasteiger partial charge in [0.05, 0.1) is 11.1 Å². The third kappa shape index (κ3) is 1.20. The third-order valence-corrected chi connectivity index (χ3v) is 2.40. The van der Waals surface area contributed by atoms with E-state index < -0.39 is 11.0 Å². The van der Waals surface area contributed by atoms with Gasteiger partial charge in [0.1, 0.15) is 5.00 Å². The molecule has 1 aliphatic rings. The van der Waals surface area contributed by atoms with E-state index in [1.165, 1.54) is 0 Å². The highest BCUT2D eigenvalue weighted by Crippen LogP contribution is 2.28. The fourth-order valence-corrected chi connectivity index (χ4v) is 1.02. The number of halogens is 2. The van der Waals surface area contributed by atoms with Crippen LogP contribution in [0.5, 0.6) is 0 Å². The molecule has 2 unspecified atom stereocenters. The van der Waals surface area contributed by atoms with E-state index in [0.717, 1.165) is 0 Å². The first-order chi connectivity index (χ1) is 4.55. The molecule has 1 rings (SSSR count). The number of alkyl halides is 1. The number of allylic oxidation sites excluding steroid dienone is 2. The summed E-state index contributed by atoms with van der Waals surface area (Å²) in [5, 5.41) is 0.379. The molecule has 0 bridgehead atoms. The lowest BCUT2D eigenvalue weighted by Crippen LogP contribution is -2.51. The summed E-state index contributed by atoms with van der Waals surface area (Å²) in [6.07, 6.45) is 5.08. The molecule has 0 saturated carbocycles. The van der Waals surface area contributed by atoms with Gasteiger partial charge in [0, 0.05) is 0 Å². The summed E-state index contributed by atoms with van der Waals surface area (Å²) in [4.78, 5) is -1.11. The Balaban J connectivity index is 2.93. The minimum Gasteiger partial charge on any atom is -0.322 e. The van der Waals surface area contributed by atoms with Crippen molar-refractivity contribution in [2.75, 3.05) is 0 Å². The van der Waals surface area contributed by atoms with E-state index >= 15 is 0 Å². The van der Waals surface area contributed by atoms with E-state index in [2.05, 4.69) is 0 Å². The highest BCUT2D eigenvalue weighted by Gasteiger charge is 2.33. The zero-order valence-corrected chi connectivity index (χ0v) is 6.73. The van der Waals surface area contributed by atoms with E-state index in [0.29, 0.717) is 5.03 Å². The number of hydrogen-bond acceptors (Lipinski definition) is 2. The Morgan fingerprint density at radius 1 is 1.60 bits per heavy atom. The fourth-order valence-electron chi connectivity index (χ4n) is 0.687. The quantitative estimate of drug-likeness (QED) is 0.428. The highest BCUT2D eigenvalue weighted by molar-refractivity contribution is 6.39. The van der Waals surface area contributed by atoms with Crippen molar-refractivity contribution >= 4 is 23.2 Å². The van der Waals surface area contributed by atoms with Gasteiger partial charge in [-0.05, 0) is 6.08 Å². The maximum atomic E-state index is 5.77. The van der Waals surface area contributed by atoms with Crippen LogP contribution in [0, 0.1) is 0 Å². The van der Waals surface area contributed by atoms with Crippen LogP contribution in [0.3, 0.4) is 0 Å². The summed E-state index contributed by atoms with van der Waals surface area (Å²) in [6.45, 7) is 0. The molecule has 0 fully saturated rings. The molecule has 2 atom stereocenters. The molecule has 0 amide bonds. The maximum Gasteiger partial charge on any atom is 0.146 e. The molecule has 0 aromatic rings. The number of nitrogens with two attached hydrogens (primary N) is 2. The zero-order valence-electron chi connectivity index (χ0n) is 5.22. The summed E-state index contributed by atoms with van der Waals surface area (Å²) in [5.41, 5.74) is 11.1. The number of rotatable bonds is 0. The lowest BCUT2D eigenvalue weighted by molar-refractivity contribution is 0.624. The van der Waals surface area contributed by atoms with Crippen molar-refractivity contribution in [3.63, 3.8) is 0 Å². The molecule has 4 heteroatoms. The van der Waals surface area contributed by atoms with E-state index in [1.54, 1.807) is 18.2 Å². The summed E-state index contributed by atoms with van der Waals surface area (Å²) in [6, 6.07) is -0.410. The van der Waals surface area contributed by atoms with E-state index in [1.807, 2.05) is 0 Å². The van der Waals surface area contributed by atoms with Gasteiger partial charge in [-0.1, -0.05) is 35.4 Å². The van der Waals surface area contributed by atoms with Gasteiger partial charge in [-0.2, -0.15) is 0 Å². The second-order valence-electron chi connectivity index (χ2n) is 2.19. The average molecular weight is 179 g/mol. The van der Waals surface area contributed by atoms with Gasteiger partial charge >= 0.3 is 0 Å². The monoisotopic (exact) mass is 178 g/mol. The smallest absolute Gasteiger partial charge is 0.146 e. The number of hydrogen-bond donors (Lipinski definition) is 2. The molecule has 1 aliphatic carbocycles. The van der Waals surface area contributed by atoms with Crippen LogP contribution in [-0.2, 0) is 0 Å². The van der Waals surface area contributed by atoms with Crippen LogP contribution < -0.4 is 11.5 Å². The van der Waals surface area contributed by atoms with Crippen LogP contribution in [0.25, 0.3) is 0 Å². The van der Waals surface area contributed by atoms with E-state index in [-0.39, 0.29) is 0 Å². The molecule has 0 radical (unpaired) electrons. The standard InChI is InChI=1S/C6H8Cl2N2/c7-4-2-1-3-5(9)6(4,8)10/h1-3,5H,9-10H2. The molecular weight excluding hydrogens is 171 g/mol. The van der Waals surface area contributed by atoms with Gasteiger partial charge in [0.2, 0.25) is 0 Å². The lowest BCUT2D eigenvalue weighted by atomic mass is 10.0. The molecule has 0 saturated heterocycles. The Kier molecular flexibility index (Phi) is 2.06.